The summed E-state index contributed by atoms with van der Waals surface area (Å²) < 4.78 is 0. The second-order valence-corrected chi connectivity index (χ2v) is 3.75. The number of amidine groups is 1. The van der Waals surface area contributed by atoms with Crippen LogP contribution in [0, 0.1) is 0 Å². The van der Waals surface area contributed by atoms with E-state index in [2.05, 4.69) is 15.6 Å². The van der Waals surface area contributed by atoms with Gasteiger partial charge in [0.05, 0.1) is 6.54 Å². The number of carbonyl (C=O) groups excluding carboxylic acids is 1. The average molecular weight is 201 g/mol. The molecule has 1 aliphatic rings. The maximum Gasteiger partial charge on any atom is 0.221 e. The summed E-state index contributed by atoms with van der Waals surface area (Å²) in [4.78, 5) is 15.2. The van der Waals surface area contributed by atoms with Crippen LogP contribution in [0.25, 0.3) is 0 Å². The van der Waals surface area contributed by atoms with E-state index < -0.39 is 0 Å². The highest BCUT2D eigenvalue weighted by atomic mass is 32.2. The lowest BCUT2D eigenvalue weighted by Crippen LogP contribution is -2.28. The van der Waals surface area contributed by atoms with E-state index in [1.54, 1.807) is 11.8 Å². The van der Waals surface area contributed by atoms with Gasteiger partial charge in [0.1, 0.15) is 0 Å². The van der Waals surface area contributed by atoms with Gasteiger partial charge in [0.15, 0.2) is 5.17 Å². The van der Waals surface area contributed by atoms with Gasteiger partial charge in [0.2, 0.25) is 5.91 Å². The van der Waals surface area contributed by atoms with Crippen LogP contribution in [0.2, 0.25) is 0 Å². The van der Waals surface area contributed by atoms with Gasteiger partial charge in [-0.2, -0.15) is 0 Å². The molecule has 0 aromatic heterocycles. The number of hydrogen-bond acceptors (Lipinski definition) is 4. The second kappa shape index (κ2) is 5.85. The first kappa shape index (κ1) is 10.4. The lowest BCUT2D eigenvalue weighted by Gasteiger charge is -2.04. The molecule has 4 nitrogen and oxygen atoms in total. The summed E-state index contributed by atoms with van der Waals surface area (Å²) in [6.07, 6.45) is 0.521. The van der Waals surface area contributed by atoms with Crippen LogP contribution in [0.15, 0.2) is 4.99 Å². The van der Waals surface area contributed by atoms with E-state index in [4.69, 9.17) is 0 Å². The number of rotatable bonds is 4. The minimum atomic E-state index is 0.0959. The van der Waals surface area contributed by atoms with Crippen LogP contribution in [0.1, 0.15) is 13.3 Å². The molecule has 0 aromatic rings. The smallest absolute Gasteiger partial charge is 0.221 e. The first-order chi connectivity index (χ1) is 6.33. The van der Waals surface area contributed by atoms with Crippen molar-refractivity contribution in [3.8, 4) is 0 Å². The molecule has 0 spiro atoms. The molecule has 5 heteroatoms. The highest BCUT2D eigenvalue weighted by molar-refractivity contribution is 8.14. The summed E-state index contributed by atoms with van der Waals surface area (Å²) in [5, 5.41) is 6.84. The second-order valence-electron chi connectivity index (χ2n) is 2.67. The van der Waals surface area contributed by atoms with Crippen molar-refractivity contribution in [2.24, 2.45) is 4.99 Å². The highest BCUT2D eigenvalue weighted by Gasteiger charge is 2.06. The summed E-state index contributed by atoms with van der Waals surface area (Å²) in [5.41, 5.74) is 0. The van der Waals surface area contributed by atoms with Gasteiger partial charge in [-0.15, -0.1) is 0 Å². The normalized spacial score (nSPS) is 15.3. The Labute approximate surface area is 82.6 Å². The van der Waals surface area contributed by atoms with Gasteiger partial charge in [0, 0.05) is 25.3 Å². The number of thioether (sulfide) groups is 1. The van der Waals surface area contributed by atoms with Crippen molar-refractivity contribution in [2.75, 3.05) is 25.4 Å². The fourth-order valence-electron chi connectivity index (χ4n) is 1.01. The largest absolute Gasteiger partial charge is 0.364 e. The Morgan fingerprint density at radius 2 is 2.54 bits per heavy atom. The minimum absolute atomic E-state index is 0.0959. The van der Waals surface area contributed by atoms with Crippen molar-refractivity contribution in [2.45, 2.75) is 13.3 Å². The van der Waals surface area contributed by atoms with Crippen molar-refractivity contribution >= 4 is 22.8 Å². The summed E-state index contributed by atoms with van der Waals surface area (Å²) >= 11 is 1.71. The number of amides is 1. The van der Waals surface area contributed by atoms with Crippen LogP contribution < -0.4 is 10.6 Å². The summed E-state index contributed by atoms with van der Waals surface area (Å²) in [6, 6.07) is 0. The van der Waals surface area contributed by atoms with Gasteiger partial charge < -0.3 is 10.6 Å². The van der Waals surface area contributed by atoms with E-state index in [1.165, 1.54) is 0 Å². The molecule has 0 aliphatic carbocycles. The van der Waals surface area contributed by atoms with E-state index >= 15 is 0 Å². The molecule has 0 aromatic carbocycles. The molecular formula is C8H15N3OS. The van der Waals surface area contributed by atoms with Crippen molar-refractivity contribution in [3.05, 3.63) is 0 Å². The summed E-state index contributed by atoms with van der Waals surface area (Å²) in [7, 11) is 0. The lowest BCUT2D eigenvalue weighted by atomic mass is 10.4. The van der Waals surface area contributed by atoms with Crippen LogP contribution in [0.3, 0.4) is 0 Å². The number of hydrogen-bond donors (Lipinski definition) is 2. The molecule has 0 atom stereocenters. The van der Waals surface area contributed by atoms with E-state index in [9.17, 15) is 4.79 Å². The zero-order valence-corrected chi connectivity index (χ0v) is 8.62. The van der Waals surface area contributed by atoms with Crippen LogP contribution in [-0.4, -0.2) is 36.5 Å². The van der Waals surface area contributed by atoms with E-state index in [0.717, 1.165) is 17.5 Å². The fourth-order valence-corrected chi connectivity index (χ4v) is 1.77. The third-order valence-corrected chi connectivity index (χ3v) is 2.52. The molecule has 0 radical (unpaired) electrons. The van der Waals surface area contributed by atoms with E-state index in [1.807, 2.05) is 6.92 Å². The first-order valence-corrected chi connectivity index (χ1v) is 5.49. The number of carbonyl (C=O) groups is 1. The van der Waals surface area contributed by atoms with Gasteiger partial charge in [0.25, 0.3) is 0 Å². The molecule has 0 saturated heterocycles. The maximum atomic E-state index is 11.0. The number of nitrogens with one attached hydrogen (secondary N) is 2. The van der Waals surface area contributed by atoms with E-state index in [0.29, 0.717) is 19.5 Å². The molecule has 0 saturated carbocycles. The predicted molar refractivity (Wildman–Crippen MR) is 56.1 cm³/mol. The standard InChI is InChI=1S/C8H15N3OS/c1-2-9-7(12)3-4-10-8-11-5-6-13-8/h2-6H2,1H3,(H,9,12)(H,10,11). The predicted octanol–water partition coefficient (Wildman–Crippen LogP) is 0.205. The van der Waals surface area contributed by atoms with Gasteiger partial charge in [-0.3, -0.25) is 9.79 Å². The Bertz CT molecular complexity index is 206. The van der Waals surface area contributed by atoms with Crippen LogP contribution in [0.4, 0.5) is 0 Å². The zero-order valence-electron chi connectivity index (χ0n) is 7.80. The molecule has 1 rings (SSSR count). The monoisotopic (exact) mass is 201 g/mol. The molecule has 1 aliphatic heterocycles. The van der Waals surface area contributed by atoms with Gasteiger partial charge >= 0.3 is 0 Å². The molecule has 0 bridgehead atoms. The molecule has 0 fully saturated rings. The van der Waals surface area contributed by atoms with Crippen molar-refractivity contribution in [1.82, 2.24) is 10.6 Å². The van der Waals surface area contributed by atoms with E-state index in [-0.39, 0.29) is 5.91 Å². The Kier molecular flexibility index (Phi) is 4.67. The quantitative estimate of drug-likeness (QED) is 0.683. The molecular weight excluding hydrogens is 186 g/mol. The Morgan fingerprint density at radius 1 is 1.69 bits per heavy atom. The van der Waals surface area contributed by atoms with Crippen molar-refractivity contribution in [3.63, 3.8) is 0 Å². The summed E-state index contributed by atoms with van der Waals surface area (Å²) in [5.74, 6) is 1.15. The van der Waals surface area contributed by atoms with Crippen LogP contribution >= 0.6 is 11.8 Å². The van der Waals surface area contributed by atoms with Crippen LogP contribution in [0.5, 0.6) is 0 Å². The topological polar surface area (TPSA) is 53.5 Å². The number of nitrogens with zero attached hydrogens (tertiary/aromatic N) is 1. The lowest BCUT2D eigenvalue weighted by molar-refractivity contribution is -0.120. The first-order valence-electron chi connectivity index (χ1n) is 4.50. The fraction of sp³-hybridized carbons (Fsp3) is 0.750. The Hall–Kier alpha value is -0.710. The molecule has 13 heavy (non-hydrogen) atoms. The molecule has 74 valence electrons. The molecule has 2 N–H and O–H groups in total. The average Bonchev–Trinajstić information content (AvgIpc) is 2.57. The Morgan fingerprint density at radius 3 is 3.15 bits per heavy atom. The maximum absolute atomic E-state index is 11.0. The van der Waals surface area contributed by atoms with Crippen LogP contribution in [-0.2, 0) is 4.79 Å². The van der Waals surface area contributed by atoms with Gasteiger partial charge in [-0.25, -0.2) is 0 Å². The van der Waals surface area contributed by atoms with Crippen molar-refractivity contribution < 1.29 is 4.79 Å². The number of aliphatic imine (C=N–C) groups is 1. The molecule has 1 amide bonds. The molecule has 0 unspecified atom stereocenters. The van der Waals surface area contributed by atoms with Gasteiger partial charge in [-0.05, 0) is 6.92 Å². The van der Waals surface area contributed by atoms with Gasteiger partial charge in [-0.1, -0.05) is 11.8 Å². The minimum Gasteiger partial charge on any atom is -0.364 e. The van der Waals surface area contributed by atoms with Crippen molar-refractivity contribution in [1.29, 1.82) is 0 Å². The Balaban J connectivity index is 2.03. The third-order valence-electron chi connectivity index (χ3n) is 1.59. The third kappa shape index (κ3) is 4.17. The SMILES string of the molecule is CCNC(=O)CCNC1=NCCS1. The zero-order chi connectivity index (χ0) is 9.52. The highest BCUT2D eigenvalue weighted by Crippen LogP contribution is 2.08. The summed E-state index contributed by atoms with van der Waals surface area (Å²) in [6.45, 7) is 4.20. The molecule has 1 heterocycles.